The smallest absolute Gasteiger partial charge is 0.243 e. The van der Waals surface area contributed by atoms with Gasteiger partial charge >= 0.3 is 0 Å². The molecule has 3 aromatic heterocycles. The lowest BCUT2D eigenvalue weighted by molar-refractivity contribution is 0.135. The highest BCUT2D eigenvalue weighted by atomic mass is 19.1. The maximum atomic E-state index is 14.7. The molecule has 34 heavy (non-hydrogen) atoms. The van der Waals surface area contributed by atoms with Crippen molar-refractivity contribution < 1.29 is 13.7 Å². The Morgan fingerprint density at radius 3 is 2.68 bits per heavy atom. The second kappa shape index (κ2) is 8.82. The number of benzene rings is 1. The van der Waals surface area contributed by atoms with Crippen LogP contribution in [0.3, 0.4) is 0 Å². The molecule has 9 nitrogen and oxygen atoms in total. The Bertz CT molecular complexity index is 1380. The molecule has 3 heterocycles. The van der Waals surface area contributed by atoms with E-state index in [2.05, 4.69) is 30.1 Å². The third kappa shape index (κ3) is 3.98. The number of halogens is 1. The van der Waals surface area contributed by atoms with Crippen molar-refractivity contribution >= 4 is 16.7 Å². The Kier molecular flexibility index (Phi) is 5.69. The maximum absolute atomic E-state index is 14.7. The first kappa shape index (κ1) is 21.9. The molecule has 4 aromatic rings. The first-order chi connectivity index (χ1) is 16.4. The molecule has 0 amide bonds. The molecule has 174 valence electrons. The van der Waals surface area contributed by atoms with E-state index in [1.165, 1.54) is 12.4 Å². The van der Waals surface area contributed by atoms with Crippen molar-refractivity contribution in [2.24, 2.45) is 7.05 Å². The van der Waals surface area contributed by atoms with Crippen LogP contribution in [0, 0.1) is 12.4 Å². The Balaban J connectivity index is 1.36. The molecular weight excluding hydrogens is 437 g/mol. The van der Waals surface area contributed by atoms with Crippen molar-refractivity contribution in [3.05, 3.63) is 53.5 Å². The van der Waals surface area contributed by atoms with Gasteiger partial charge in [-0.2, -0.15) is 15.1 Å². The molecule has 5 rings (SSSR count). The van der Waals surface area contributed by atoms with Gasteiger partial charge in [0.1, 0.15) is 35.0 Å². The fourth-order valence-corrected chi connectivity index (χ4v) is 4.34. The number of rotatable bonds is 5. The summed E-state index contributed by atoms with van der Waals surface area (Å²) in [6.07, 6.45) is 4.81. The van der Waals surface area contributed by atoms with Gasteiger partial charge in [-0.15, -0.1) is 0 Å². The summed E-state index contributed by atoms with van der Waals surface area (Å²) in [6.45, 7) is 11.2. The summed E-state index contributed by atoms with van der Waals surface area (Å²) in [5.41, 5.74) is 2.01. The van der Waals surface area contributed by atoms with E-state index >= 15 is 0 Å². The zero-order chi connectivity index (χ0) is 23.8. The first-order valence-electron chi connectivity index (χ1n) is 11.3. The van der Waals surface area contributed by atoms with Crippen molar-refractivity contribution in [2.45, 2.75) is 57.5 Å². The number of nitrogens with zero attached hydrogens (tertiary/aromatic N) is 7. The minimum absolute atomic E-state index is 0.0186. The molecule has 1 aromatic carbocycles. The molecule has 1 fully saturated rings. The summed E-state index contributed by atoms with van der Waals surface area (Å²) >= 11 is 0. The van der Waals surface area contributed by atoms with Crippen LogP contribution in [0.2, 0.25) is 0 Å². The lowest BCUT2D eigenvalue weighted by atomic mass is 9.87. The molecule has 0 spiro atoms. The molecule has 1 aliphatic rings. The van der Waals surface area contributed by atoms with E-state index < -0.39 is 5.82 Å². The summed E-state index contributed by atoms with van der Waals surface area (Å²) in [6, 6.07) is 4.32. The Labute approximate surface area is 195 Å². The number of hydrogen-bond acceptors (Lipinski definition) is 7. The molecule has 0 atom stereocenters. The van der Waals surface area contributed by atoms with E-state index in [4.69, 9.17) is 15.8 Å². The average molecular weight is 462 g/mol. The van der Waals surface area contributed by atoms with Gasteiger partial charge in [-0.3, -0.25) is 4.68 Å². The number of aryl methyl sites for hydroxylation is 1. The number of ether oxygens (including phenoxy) is 1. The molecule has 0 saturated heterocycles. The summed E-state index contributed by atoms with van der Waals surface area (Å²) in [4.78, 5) is 16.5. The second-order valence-electron chi connectivity index (χ2n) is 8.86. The summed E-state index contributed by atoms with van der Waals surface area (Å²) < 4.78 is 28.0. The van der Waals surface area contributed by atoms with Crippen molar-refractivity contribution in [1.82, 2.24) is 29.9 Å². The first-order valence-corrected chi connectivity index (χ1v) is 11.3. The van der Waals surface area contributed by atoms with Crippen LogP contribution in [-0.2, 0) is 7.05 Å². The molecule has 1 saturated carbocycles. The number of hydrogen-bond donors (Lipinski definition) is 0. The molecule has 0 radical (unpaired) electrons. The average Bonchev–Trinajstić information content (AvgIpc) is 3.46. The minimum Gasteiger partial charge on any atom is -0.473 e. The van der Waals surface area contributed by atoms with Crippen molar-refractivity contribution in [1.29, 1.82) is 0 Å². The summed E-state index contributed by atoms with van der Waals surface area (Å²) in [5, 5.41) is 8.57. The summed E-state index contributed by atoms with van der Waals surface area (Å²) in [7, 11) is 1.76. The highest BCUT2D eigenvalue weighted by molar-refractivity contribution is 5.92. The van der Waals surface area contributed by atoms with Crippen LogP contribution >= 0.6 is 0 Å². The quantitative estimate of drug-likeness (QED) is 0.371. The van der Waals surface area contributed by atoms with Crippen molar-refractivity contribution in [3.63, 3.8) is 0 Å². The molecule has 0 N–H and O–H groups in total. The van der Waals surface area contributed by atoms with Crippen LogP contribution in [0.15, 0.2) is 29.0 Å². The molecule has 0 bridgehead atoms. The van der Waals surface area contributed by atoms with Crippen LogP contribution in [-0.4, -0.2) is 36.0 Å². The Morgan fingerprint density at radius 2 is 2.00 bits per heavy atom. The third-order valence-electron chi connectivity index (χ3n) is 6.20. The lowest BCUT2D eigenvalue weighted by Crippen LogP contribution is -2.24. The van der Waals surface area contributed by atoms with Gasteiger partial charge in [0.25, 0.3) is 0 Å². The van der Waals surface area contributed by atoms with Gasteiger partial charge in [0.05, 0.1) is 6.57 Å². The highest BCUT2D eigenvalue weighted by Gasteiger charge is 2.29. The zero-order valence-electron chi connectivity index (χ0n) is 19.2. The molecule has 0 aliphatic heterocycles. The van der Waals surface area contributed by atoms with Gasteiger partial charge in [-0.05, 0) is 31.7 Å². The fourth-order valence-electron chi connectivity index (χ4n) is 4.34. The van der Waals surface area contributed by atoms with Crippen molar-refractivity contribution in [2.75, 3.05) is 0 Å². The monoisotopic (exact) mass is 461 g/mol. The van der Waals surface area contributed by atoms with Crippen LogP contribution < -0.4 is 4.74 Å². The van der Waals surface area contributed by atoms with Gasteiger partial charge < -0.3 is 9.26 Å². The minimum atomic E-state index is -0.519. The fraction of sp³-hybridized carbons (Fsp3) is 0.417. The van der Waals surface area contributed by atoms with Gasteiger partial charge in [0.2, 0.25) is 11.8 Å². The molecule has 1 aliphatic carbocycles. The second-order valence-corrected chi connectivity index (χ2v) is 8.86. The number of fused-ring (bicyclic) bond motifs is 1. The predicted molar refractivity (Wildman–Crippen MR) is 122 cm³/mol. The van der Waals surface area contributed by atoms with E-state index in [1.54, 1.807) is 23.9 Å². The highest BCUT2D eigenvalue weighted by Crippen LogP contribution is 2.37. The largest absolute Gasteiger partial charge is 0.473 e. The standard InChI is InChI=1S/C24H24FN7O2/c1-13(2)22-29-23(34-31-22)14-5-8-16(9-6-14)33-24-21-20(27-12-28-24)19(30-32(21)4)17-10-7-15(26-3)11-18(17)25/h7,10-14,16H,5-6,8-9H2,1-2,4H3. The molecule has 10 heteroatoms. The van der Waals surface area contributed by atoms with E-state index in [1.807, 2.05) is 13.8 Å². The van der Waals surface area contributed by atoms with Gasteiger partial charge in [-0.25, -0.2) is 14.2 Å². The van der Waals surface area contributed by atoms with E-state index in [0.717, 1.165) is 31.5 Å². The van der Waals surface area contributed by atoms with Crippen molar-refractivity contribution in [3.8, 4) is 17.1 Å². The topological polar surface area (TPSA) is 96.1 Å². The normalized spacial score (nSPS) is 18.4. The zero-order valence-corrected chi connectivity index (χ0v) is 19.2. The van der Waals surface area contributed by atoms with E-state index in [9.17, 15) is 4.39 Å². The van der Waals surface area contributed by atoms with Gasteiger partial charge in [0, 0.05) is 24.4 Å². The SMILES string of the molecule is [C-]#[N+]c1ccc(-c2nn(C)c3c(OC4CCC(c5nc(C(C)C)no5)CC4)ncnc23)c(F)c1. The van der Waals surface area contributed by atoms with Crippen LogP contribution in [0.1, 0.15) is 63.1 Å². The van der Waals surface area contributed by atoms with Crippen LogP contribution in [0.5, 0.6) is 5.88 Å². The van der Waals surface area contributed by atoms with Gasteiger partial charge in [-0.1, -0.05) is 31.1 Å². The maximum Gasteiger partial charge on any atom is 0.243 e. The third-order valence-corrected chi connectivity index (χ3v) is 6.20. The van der Waals surface area contributed by atoms with Crippen LogP contribution in [0.25, 0.3) is 27.1 Å². The Hall–Kier alpha value is -3.87. The van der Waals surface area contributed by atoms with Gasteiger partial charge in [0.15, 0.2) is 11.5 Å². The predicted octanol–water partition coefficient (Wildman–Crippen LogP) is 5.33. The van der Waals surface area contributed by atoms with E-state index in [0.29, 0.717) is 28.5 Å². The van der Waals surface area contributed by atoms with E-state index in [-0.39, 0.29) is 29.2 Å². The van der Waals surface area contributed by atoms with Crippen LogP contribution in [0.4, 0.5) is 10.1 Å². The summed E-state index contributed by atoms with van der Waals surface area (Å²) in [5.74, 6) is 1.82. The lowest BCUT2D eigenvalue weighted by Gasteiger charge is -2.26. The molecule has 0 unspecified atom stereocenters. The molecular formula is C24H24FN7O2. The Morgan fingerprint density at radius 1 is 1.21 bits per heavy atom. The number of aromatic nitrogens is 6.